The Balaban J connectivity index is 1.38. The average molecular weight is 568 g/mol. The molecule has 1 heteroatoms. The molecule has 0 saturated carbocycles. The van der Waals surface area contributed by atoms with Gasteiger partial charge in [-0.05, 0) is 78.5 Å². The second kappa shape index (κ2) is 8.30. The summed E-state index contributed by atoms with van der Waals surface area (Å²) in [5.74, 6) is 0. The van der Waals surface area contributed by atoms with Crippen LogP contribution in [0.25, 0.3) is 33.0 Å². The zero-order valence-corrected chi connectivity index (χ0v) is 26.4. The summed E-state index contributed by atoms with van der Waals surface area (Å²) >= 11 is 0. The largest absolute Gasteiger partial charge is 0.309 e. The topological polar surface area (TPSA) is 3.24 Å². The summed E-state index contributed by atoms with van der Waals surface area (Å²) in [5, 5.41) is 2.60. The molecule has 0 aromatic heterocycles. The van der Waals surface area contributed by atoms with Gasteiger partial charge in [0.05, 0.1) is 17.1 Å². The van der Waals surface area contributed by atoms with E-state index in [1.54, 1.807) is 0 Å². The molecular formula is C43H37N. The Labute approximate surface area is 260 Å². The van der Waals surface area contributed by atoms with E-state index in [1.165, 1.54) is 83.5 Å². The van der Waals surface area contributed by atoms with E-state index in [-0.39, 0.29) is 16.2 Å². The van der Waals surface area contributed by atoms with Gasteiger partial charge in [-0.15, -0.1) is 0 Å². The first-order valence-corrected chi connectivity index (χ1v) is 16.0. The highest BCUT2D eigenvalue weighted by Gasteiger charge is 2.51. The van der Waals surface area contributed by atoms with E-state index in [9.17, 15) is 0 Å². The Morgan fingerprint density at radius 3 is 1.23 bits per heavy atom. The maximum Gasteiger partial charge on any atom is 0.0544 e. The first kappa shape index (κ1) is 25.8. The molecule has 0 aliphatic carbocycles. The minimum atomic E-state index is -0.155. The van der Waals surface area contributed by atoms with Gasteiger partial charge in [-0.1, -0.05) is 145 Å². The molecule has 3 aliphatic heterocycles. The lowest BCUT2D eigenvalue weighted by atomic mass is 9.60. The van der Waals surface area contributed by atoms with Gasteiger partial charge < -0.3 is 4.90 Å². The molecule has 6 aromatic rings. The summed E-state index contributed by atoms with van der Waals surface area (Å²) in [5.41, 5.74) is 17.5. The fourth-order valence-corrected chi connectivity index (χ4v) is 8.76. The summed E-state index contributed by atoms with van der Waals surface area (Å²) in [4.78, 5) is 2.65. The van der Waals surface area contributed by atoms with Gasteiger partial charge in [0.15, 0.2) is 0 Å². The van der Waals surface area contributed by atoms with Crippen molar-refractivity contribution in [1.82, 2.24) is 0 Å². The molecule has 0 spiro atoms. The zero-order valence-electron chi connectivity index (χ0n) is 26.4. The molecule has 44 heavy (non-hydrogen) atoms. The van der Waals surface area contributed by atoms with E-state index in [0.717, 1.165) is 0 Å². The summed E-state index contributed by atoms with van der Waals surface area (Å²) in [7, 11) is 0. The van der Waals surface area contributed by atoms with Gasteiger partial charge in [0.25, 0.3) is 0 Å². The van der Waals surface area contributed by atoms with E-state index in [0.29, 0.717) is 0 Å². The van der Waals surface area contributed by atoms with Crippen molar-refractivity contribution >= 4 is 27.8 Å². The molecule has 3 aliphatic rings. The number of hydrogen-bond donors (Lipinski definition) is 0. The van der Waals surface area contributed by atoms with Gasteiger partial charge in [0.1, 0.15) is 0 Å². The molecule has 214 valence electrons. The number of para-hydroxylation sites is 2. The van der Waals surface area contributed by atoms with Crippen LogP contribution in [0.4, 0.5) is 17.1 Å². The third kappa shape index (κ3) is 3.05. The summed E-state index contributed by atoms with van der Waals surface area (Å²) in [6, 6.07) is 43.5. The van der Waals surface area contributed by atoms with Gasteiger partial charge in [-0.25, -0.2) is 0 Å². The minimum absolute atomic E-state index is 0.0757. The highest BCUT2D eigenvalue weighted by molar-refractivity contribution is 6.06. The molecule has 0 bridgehead atoms. The van der Waals surface area contributed by atoms with Gasteiger partial charge in [0, 0.05) is 16.2 Å². The Morgan fingerprint density at radius 2 is 0.750 bits per heavy atom. The number of anilines is 3. The van der Waals surface area contributed by atoms with Crippen molar-refractivity contribution in [3.63, 3.8) is 0 Å². The average Bonchev–Trinajstić information content (AvgIpc) is 3.03. The number of fused-ring (bicyclic) bond motifs is 1. The van der Waals surface area contributed by atoms with Crippen LogP contribution in [0.5, 0.6) is 0 Å². The Hall–Kier alpha value is -4.62. The fraction of sp³-hybridized carbons (Fsp3) is 0.209. The third-order valence-corrected chi connectivity index (χ3v) is 11.2. The van der Waals surface area contributed by atoms with Crippen LogP contribution in [0.3, 0.4) is 0 Å². The van der Waals surface area contributed by atoms with Gasteiger partial charge in [0.2, 0.25) is 0 Å². The van der Waals surface area contributed by atoms with Crippen LogP contribution in [0.15, 0.2) is 115 Å². The van der Waals surface area contributed by atoms with E-state index in [2.05, 4.69) is 162 Å². The smallest absolute Gasteiger partial charge is 0.0544 e. The monoisotopic (exact) mass is 567 g/mol. The van der Waals surface area contributed by atoms with Gasteiger partial charge >= 0.3 is 0 Å². The van der Waals surface area contributed by atoms with Crippen LogP contribution in [0, 0.1) is 0 Å². The van der Waals surface area contributed by atoms with Crippen LogP contribution in [0.2, 0.25) is 0 Å². The highest BCUT2D eigenvalue weighted by atomic mass is 15.2. The summed E-state index contributed by atoms with van der Waals surface area (Å²) in [6.45, 7) is 14.6. The van der Waals surface area contributed by atoms with Crippen molar-refractivity contribution in [2.75, 3.05) is 4.90 Å². The Bertz CT molecular complexity index is 2100. The predicted molar refractivity (Wildman–Crippen MR) is 186 cm³/mol. The normalized spacial score (nSPS) is 17.4. The second-order valence-electron chi connectivity index (χ2n) is 14.6. The van der Waals surface area contributed by atoms with E-state index in [1.807, 2.05) is 0 Å². The molecule has 0 unspecified atom stereocenters. The van der Waals surface area contributed by atoms with Crippen molar-refractivity contribution < 1.29 is 0 Å². The Kier molecular flexibility index (Phi) is 4.87. The van der Waals surface area contributed by atoms with Crippen LogP contribution >= 0.6 is 0 Å². The lowest BCUT2D eigenvalue weighted by molar-refractivity contribution is 0.567. The molecule has 0 radical (unpaired) electrons. The van der Waals surface area contributed by atoms with Crippen LogP contribution in [-0.4, -0.2) is 0 Å². The highest BCUT2D eigenvalue weighted by Crippen LogP contribution is 2.66. The molecule has 9 rings (SSSR count). The lowest BCUT2D eigenvalue weighted by Crippen LogP contribution is -2.43. The quantitative estimate of drug-likeness (QED) is 0.201. The van der Waals surface area contributed by atoms with Gasteiger partial charge in [-0.2, -0.15) is 0 Å². The van der Waals surface area contributed by atoms with Crippen molar-refractivity contribution in [3.05, 3.63) is 149 Å². The number of hydrogen-bond acceptors (Lipinski definition) is 1. The van der Waals surface area contributed by atoms with Crippen molar-refractivity contribution in [3.8, 4) is 22.3 Å². The Morgan fingerprint density at radius 1 is 0.364 bits per heavy atom. The molecule has 0 fully saturated rings. The second-order valence-corrected chi connectivity index (χ2v) is 14.6. The lowest BCUT2D eigenvalue weighted by Gasteiger charge is -2.55. The third-order valence-electron chi connectivity index (χ3n) is 11.2. The molecule has 6 aromatic carbocycles. The molecular weight excluding hydrogens is 530 g/mol. The SMILES string of the molecule is CC1(C)c2cccc3c2N2c4c1cccc4C(C)(C)c1cc(-c4ccc(-c5ccccc5)c5ccccc45)cc(c12)C3(C)C. The standard InChI is InChI=1S/C43H37N/c1-41(2)32-18-12-20-34-38(32)44-39-33(41)19-13-21-35(39)43(5,6)37-25-27(24-36(40(37)44)42(34,3)4)29-23-22-28(26-14-8-7-9-15-26)30-16-10-11-17-31(29)30/h7-25H,1-6H3. The van der Waals surface area contributed by atoms with Crippen LogP contribution in [0.1, 0.15) is 74.9 Å². The van der Waals surface area contributed by atoms with Crippen molar-refractivity contribution in [1.29, 1.82) is 0 Å². The van der Waals surface area contributed by atoms with E-state index < -0.39 is 0 Å². The first-order valence-electron chi connectivity index (χ1n) is 16.0. The van der Waals surface area contributed by atoms with E-state index in [4.69, 9.17) is 0 Å². The summed E-state index contributed by atoms with van der Waals surface area (Å²) in [6.07, 6.45) is 0. The van der Waals surface area contributed by atoms with Crippen molar-refractivity contribution in [2.24, 2.45) is 0 Å². The van der Waals surface area contributed by atoms with Crippen LogP contribution in [-0.2, 0) is 16.2 Å². The number of rotatable bonds is 2. The predicted octanol–water partition coefficient (Wildman–Crippen LogP) is 11.6. The van der Waals surface area contributed by atoms with E-state index >= 15 is 0 Å². The molecule has 0 atom stereocenters. The molecule has 0 saturated heterocycles. The first-order chi connectivity index (χ1) is 21.1. The van der Waals surface area contributed by atoms with Crippen molar-refractivity contribution in [2.45, 2.75) is 57.8 Å². The number of nitrogens with zero attached hydrogens (tertiary/aromatic N) is 1. The summed E-state index contributed by atoms with van der Waals surface area (Å²) < 4.78 is 0. The minimum Gasteiger partial charge on any atom is -0.309 e. The molecule has 0 amide bonds. The molecule has 3 heterocycles. The van der Waals surface area contributed by atoms with Gasteiger partial charge in [-0.3, -0.25) is 0 Å². The zero-order chi connectivity index (χ0) is 30.2. The molecule has 0 N–H and O–H groups in total. The van der Waals surface area contributed by atoms with Crippen LogP contribution < -0.4 is 4.90 Å². The maximum absolute atomic E-state index is 2.65. The fourth-order valence-electron chi connectivity index (χ4n) is 8.76. The number of benzene rings is 6. The molecule has 1 nitrogen and oxygen atoms in total. The maximum atomic E-state index is 2.65.